The lowest BCUT2D eigenvalue weighted by Gasteiger charge is -2.29. The van der Waals surface area contributed by atoms with Crippen molar-refractivity contribution in [1.29, 1.82) is 0 Å². The Morgan fingerprint density at radius 3 is 2.88 bits per heavy atom. The van der Waals surface area contributed by atoms with Gasteiger partial charge in [-0.3, -0.25) is 0 Å². The first-order chi connectivity index (χ1) is 11.6. The average molecular weight is 325 g/mol. The molecule has 0 bridgehead atoms. The van der Waals surface area contributed by atoms with Crippen LogP contribution in [0.15, 0.2) is 54.3 Å². The number of rotatable bonds is 6. The zero-order valence-corrected chi connectivity index (χ0v) is 14.1. The SMILES string of the molecule is CCCC1=CC2C(C=C1)C=CN2Cc1ccc(C(=O)O)cc1OC. The lowest BCUT2D eigenvalue weighted by molar-refractivity contribution is 0.0696. The van der Waals surface area contributed by atoms with Crippen LogP contribution >= 0.6 is 0 Å². The van der Waals surface area contributed by atoms with Gasteiger partial charge in [-0.05, 0) is 24.8 Å². The van der Waals surface area contributed by atoms with E-state index in [1.807, 2.05) is 6.07 Å². The molecule has 0 amide bonds. The van der Waals surface area contributed by atoms with Crippen molar-refractivity contribution in [2.24, 2.45) is 5.92 Å². The van der Waals surface area contributed by atoms with Crippen LogP contribution in [0.2, 0.25) is 0 Å². The monoisotopic (exact) mass is 325 g/mol. The summed E-state index contributed by atoms with van der Waals surface area (Å²) in [6.45, 7) is 2.89. The standard InChI is InChI=1S/C20H23NO3/c1-3-4-14-5-6-15-9-10-21(18(15)11-14)13-17-8-7-16(20(22)23)12-19(17)24-2/h5-12,15,18H,3-4,13H2,1-2H3,(H,22,23). The predicted octanol–water partition coefficient (Wildman–Crippen LogP) is 4.00. The van der Waals surface area contributed by atoms with Crippen LogP contribution in [0.1, 0.15) is 35.7 Å². The quantitative estimate of drug-likeness (QED) is 0.859. The summed E-state index contributed by atoms with van der Waals surface area (Å²) in [6.07, 6.45) is 13.5. The van der Waals surface area contributed by atoms with Crippen molar-refractivity contribution in [1.82, 2.24) is 4.90 Å². The number of aromatic carboxylic acids is 1. The van der Waals surface area contributed by atoms with E-state index < -0.39 is 5.97 Å². The third kappa shape index (κ3) is 3.23. The van der Waals surface area contributed by atoms with E-state index in [0.717, 1.165) is 18.4 Å². The van der Waals surface area contributed by atoms with Gasteiger partial charge in [0.15, 0.2) is 0 Å². The van der Waals surface area contributed by atoms with Gasteiger partial charge in [-0.2, -0.15) is 0 Å². The molecule has 4 heteroatoms. The number of carboxylic acids is 1. The van der Waals surface area contributed by atoms with E-state index in [0.29, 0.717) is 24.3 Å². The molecule has 1 aliphatic carbocycles. The second kappa shape index (κ2) is 6.95. The molecule has 0 aromatic heterocycles. The fourth-order valence-electron chi connectivity index (χ4n) is 3.36. The van der Waals surface area contributed by atoms with Crippen LogP contribution in [0.5, 0.6) is 5.75 Å². The van der Waals surface area contributed by atoms with E-state index in [4.69, 9.17) is 9.84 Å². The van der Waals surface area contributed by atoms with Crippen molar-refractivity contribution in [3.05, 3.63) is 65.4 Å². The van der Waals surface area contributed by atoms with Gasteiger partial charge in [-0.1, -0.05) is 49.3 Å². The minimum Gasteiger partial charge on any atom is -0.496 e. The van der Waals surface area contributed by atoms with E-state index in [-0.39, 0.29) is 5.56 Å². The molecule has 3 rings (SSSR count). The first-order valence-corrected chi connectivity index (χ1v) is 8.35. The van der Waals surface area contributed by atoms with Gasteiger partial charge >= 0.3 is 5.97 Å². The Labute approximate surface area is 142 Å². The van der Waals surface area contributed by atoms with Gasteiger partial charge < -0.3 is 14.7 Å². The highest BCUT2D eigenvalue weighted by Gasteiger charge is 2.28. The molecule has 2 unspecified atom stereocenters. The van der Waals surface area contributed by atoms with Crippen LogP contribution < -0.4 is 4.74 Å². The smallest absolute Gasteiger partial charge is 0.335 e. The Morgan fingerprint density at radius 2 is 2.17 bits per heavy atom. The number of nitrogens with zero attached hydrogens (tertiary/aromatic N) is 1. The molecule has 1 heterocycles. The highest BCUT2D eigenvalue weighted by atomic mass is 16.5. The Bertz CT molecular complexity index is 718. The normalized spacial score (nSPS) is 21.6. The first kappa shape index (κ1) is 16.4. The number of benzene rings is 1. The molecule has 0 fully saturated rings. The Morgan fingerprint density at radius 1 is 1.33 bits per heavy atom. The van der Waals surface area contributed by atoms with Gasteiger partial charge in [0.2, 0.25) is 0 Å². The fourth-order valence-corrected chi connectivity index (χ4v) is 3.36. The van der Waals surface area contributed by atoms with Gasteiger partial charge in [0.1, 0.15) is 5.75 Å². The van der Waals surface area contributed by atoms with Crippen LogP contribution in [0.4, 0.5) is 0 Å². The fraction of sp³-hybridized carbons (Fsp3) is 0.350. The number of allylic oxidation sites excluding steroid dienone is 2. The molecule has 2 aliphatic rings. The van der Waals surface area contributed by atoms with Crippen molar-refractivity contribution < 1.29 is 14.6 Å². The predicted molar refractivity (Wildman–Crippen MR) is 94.0 cm³/mol. The Balaban J connectivity index is 1.80. The minimum atomic E-state index is -0.939. The second-order valence-corrected chi connectivity index (χ2v) is 6.26. The number of hydrogen-bond acceptors (Lipinski definition) is 3. The van der Waals surface area contributed by atoms with Crippen molar-refractivity contribution in [3.8, 4) is 5.75 Å². The first-order valence-electron chi connectivity index (χ1n) is 8.35. The zero-order valence-electron chi connectivity index (χ0n) is 14.1. The van der Waals surface area contributed by atoms with Crippen LogP contribution in [-0.2, 0) is 6.54 Å². The van der Waals surface area contributed by atoms with E-state index in [9.17, 15) is 4.79 Å². The molecule has 0 saturated heterocycles. The summed E-state index contributed by atoms with van der Waals surface area (Å²) in [4.78, 5) is 13.4. The van der Waals surface area contributed by atoms with Gasteiger partial charge in [0.25, 0.3) is 0 Å². The maximum Gasteiger partial charge on any atom is 0.335 e. The number of methoxy groups -OCH3 is 1. The van der Waals surface area contributed by atoms with E-state index in [1.54, 1.807) is 19.2 Å². The number of carbonyl (C=O) groups is 1. The van der Waals surface area contributed by atoms with E-state index in [2.05, 4.69) is 42.3 Å². The third-order valence-electron chi connectivity index (χ3n) is 4.62. The summed E-state index contributed by atoms with van der Waals surface area (Å²) >= 11 is 0. The molecule has 0 spiro atoms. The molecule has 0 saturated carbocycles. The molecule has 1 aliphatic heterocycles. The van der Waals surface area contributed by atoms with E-state index >= 15 is 0 Å². The number of hydrogen-bond donors (Lipinski definition) is 1. The third-order valence-corrected chi connectivity index (χ3v) is 4.62. The number of carboxylic acid groups (broad SMARTS) is 1. The number of ether oxygens (including phenoxy) is 1. The molecule has 2 atom stereocenters. The largest absolute Gasteiger partial charge is 0.496 e. The number of fused-ring (bicyclic) bond motifs is 1. The summed E-state index contributed by atoms with van der Waals surface area (Å²) in [5.41, 5.74) is 2.63. The summed E-state index contributed by atoms with van der Waals surface area (Å²) in [5, 5.41) is 9.12. The van der Waals surface area contributed by atoms with Gasteiger partial charge in [0.05, 0.1) is 18.7 Å². The van der Waals surface area contributed by atoms with Crippen LogP contribution in [0.3, 0.4) is 0 Å². The lowest BCUT2D eigenvalue weighted by atomic mass is 9.91. The van der Waals surface area contributed by atoms with E-state index in [1.165, 1.54) is 5.57 Å². The average Bonchev–Trinajstić information content (AvgIpc) is 2.98. The van der Waals surface area contributed by atoms with Crippen molar-refractivity contribution in [2.45, 2.75) is 32.4 Å². The maximum absolute atomic E-state index is 11.1. The van der Waals surface area contributed by atoms with Gasteiger partial charge in [-0.15, -0.1) is 0 Å². The Kier molecular flexibility index (Phi) is 4.74. The molecule has 24 heavy (non-hydrogen) atoms. The molecule has 1 N–H and O–H groups in total. The Hall–Kier alpha value is -2.49. The zero-order chi connectivity index (χ0) is 17.1. The van der Waals surface area contributed by atoms with Crippen LogP contribution in [-0.4, -0.2) is 29.1 Å². The lowest BCUT2D eigenvalue weighted by Crippen LogP contribution is -2.30. The highest BCUT2D eigenvalue weighted by Crippen LogP contribution is 2.32. The molecule has 0 radical (unpaired) electrons. The molecule has 1 aromatic carbocycles. The molecular weight excluding hydrogens is 302 g/mol. The molecule has 1 aromatic rings. The highest BCUT2D eigenvalue weighted by molar-refractivity contribution is 5.88. The second-order valence-electron chi connectivity index (χ2n) is 6.26. The van der Waals surface area contributed by atoms with Gasteiger partial charge in [-0.25, -0.2) is 4.79 Å². The molecule has 126 valence electrons. The van der Waals surface area contributed by atoms with Gasteiger partial charge in [0, 0.05) is 18.0 Å². The van der Waals surface area contributed by atoms with Crippen molar-refractivity contribution in [3.63, 3.8) is 0 Å². The van der Waals surface area contributed by atoms with Crippen LogP contribution in [0, 0.1) is 5.92 Å². The summed E-state index contributed by atoms with van der Waals surface area (Å²) < 4.78 is 5.40. The van der Waals surface area contributed by atoms with Crippen LogP contribution in [0.25, 0.3) is 0 Å². The van der Waals surface area contributed by atoms with Crippen molar-refractivity contribution >= 4 is 5.97 Å². The summed E-state index contributed by atoms with van der Waals surface area (Å²) in [7, 11) is 1.58. The molecular formula is C20H23NO3. The summed E-state index contributed by atoms with van der Waals surface area (Å²) in [6, 6.07) is 5.41. The minimum absolute atomic E-state index is 0.246. The maximum atomic E-state index is 11.1. The summed E-state index contributed by atoms with van der Waals surface area (Å²) in [5.74, 6) is 0.0938. The topological polar surface area (TPSA) is 49.8 Å². The van der Waals surface area contributed by atoms with Crippen molar-refractivity contribution in [2.75, 3.05) is 7.11 Å². The molecule has 4 nitrogen and oxygen atoms in total.